The van der Waals surface area contributed by atoms with Crippen molar-refractivity contribution in [2.24, 2.45) is 0 Å². The molecule has 0 spiro atoms. The summed E-state index contributed by atoms with van der Waals surface area (Å²) in [7, 11) is 0. The molecule has 1 aromatic carbocycles. The van der Waals surface area contributed by atoms with Crippen LogP contribution in [0, 0.1) is 0 Å². The van der Waals surface area contributed by atoms with E-state index in [1.807, 2.05) is 24.3 Å². The summed E-state index contributed by atoms with van der Waals surface area (Å²) in [5, 5.41) is 0.661. The van der Waals surface area contributed by atoms with Gasteiger partial charge >= 0.3 is 5.69 Å². The molecule has 0 fully saturated rings. The average molecular weight is 286 g/mol. The first kappa shape index (κ1) is 14.1. The summed E-state index contributed by atoms with van der Waals surface area (Å²) in [6.45, 7) is 1.25. The molecule has 4 nitrogen and oxygen atoms in total. The number of nitrogens with zero attached hydrogens (tertiary/aromatic N) is 2. The Morgan fingerprint density at radius 2 is 1.29 bits per heavy atom. The van der Waals surface area contributed by atoms with Crippen molar-refractivity contribution in [3.05, 3.63) is 45.1 Å². The fourth-order valence-electron chi connectivity index (χ4n) is 3.21. The lowest BCUT2D eigenvalue weighted by Crippen LogP contribution is -2.40. The van der Waals surface area contributed by atoms with Crippen LogP contribution < -0.4 is 11.2 Å². The van der Waals surface area contributed by atoms with E-state index in [-0.39, 0.29) is 11.2 Å². The SMILES string of the molecule is O=c1c2ccccc2n2c(=O)n1CCCCCCCCC2. The highest BCUT2D eigenvalue weighted by Crippen LogP contribution is 2.12. The van der Waals surface area contributed by atoms with Crippen molar-refractivity contribution in [1.29, 1.82) is 0 Å². The van der Waals surface area contributed by atoms with Gasteiger partial charge in [-0.2, -0.15) is 0 Å². The third-order valence-corrected chi connectivity index (χ3v) is 4.40. The zero-order valence-electron chi connectivity index (χ0n) is 12.4. The maximum Gasteiger partial charge on any atom is 0.331 e. The fourth-order valence-corrected chi connectivity index (χ4v) is 3.21. The molecule has 0 radical (unpaired) electrons. The number of hydrogen-bond donors (Lipinski definition) is 0. The minimum Gasteiger partial charge on any atom is -0.293 e. The Morgan fingerprint density at radius 1 is 0.714 bits per heavy atom. The van der Waals surface area contributed by atoms with Crippen molar-refractivity contribution in [2.45, 2.75) is 58.0 Å². The largest absolute Gasteiger partial charge is 0.331 e. The van der Waals surface area contributed by atoms with Crippen LogP contribution in [0.2, 0.25) is 0 Å². The molecule has 0 amide bonds. The summed E-state index contributed by atoms with van der Waals surface area (Å²) >= 11 is 0. The van der Waals surface area contributed by atoms with E-state index in [2.05, 4.69) is 0 Å². The smallest absolute Gasteiger partial charge is 0.293 e. The average Bonchev–Trinajstić information content (AvgIpc) is 2.50. The topological polar surface area (TPSA) is 44.0 Å². The number of aromatic nitrogens is 2. The second-order valence-electron chi connectivity index (χ2n) is 5.88. The van der Waals surface area contributed by atoms with Crippen molar-refractivity contribution in [3.8, 4) is 0 Å². The molecule has 1 aromatic heterocycles. The van der Waals surface area contributed by atoms with Crippen molar-refractivity contribution in [3.63, 3.8) is 0 Å². The van der Waals surface area contributed by atoms with Gasteiger partial charge in [0, 0.05) is 13.1 Å². The van der Waals surface area contributed by atoms with Gasteiger partial charge in [0.15, 0.2) is 0 Å². The minimum absolute atomic E-state index is 0.135. The molecule has 0 N–H and O–H groups in total. The van der Waals surface area contributed by atoms with E-state index in [4.69, 9.17) is 0 Å². The van der Waals surface area contributed by atoms with Crippen LogP contribution in [0.25, 0.3) is 10.9 Å². The zero-order valence-corrected chi connectivity index (χ0v) is 12.4. The molecule has 21 heavy (non-hydrogen) atoms. The Hall–Kier alpha value is -1.84. The van der Waals surface area contributed by atoms with Crippen molar-refractivity contribution in [2.75, 3.05) is 0 Å². The van der Waals surface area contributed by atoms with Gasteiger partial charge < -0.3 is 0 Å². The predicted octanol–water partition coefficient (Wildman–Crippen LogP) is 2.91. The Labute approximate surface area is 124 Å². The van der Waals surface area contributed by atoms with E-state index >= 15 is 0 Å². The third-order valence-electron chi connectivity index (χ3n) is 4.40. The van der Waals surface area contributed by atoms with Crippen LogP contribution in [0.4, 0.5) is 0 Å². The number of hydrogen-bond acceptors (Lipinski definition) is 2. The van der Waals surface area contributed by atoms with Crippen LogP contribution in [0.1, 0.15) is 44.9 Å². The number of rotatable bonds is 0. The fraction of sp³-hybridized carbons (Fsp3) is 0.529. The van der Waals surface area contributed by atoms with Crippen LogP contribution in [0.5, 0.6) is 0 Å². The molecule has 2 bridgehead atoms. The Bertz CT molecular complexity index is 743. The molecule has 0 saturated carbocycles. The maximum atomic E-state index is 12.6. The van der Waals surface area contributed by atoms with Crippen LogP contribution in [0.15, 0.2) is 33.9 Å². The van der Waals surface area contributed by atoms with Crippen LogP contribution in [0.3, 0.4) is 0 Å². The van der Waals surface area contributed by atoms with Crippen molar-refractivity contribution >= 4 is 10.9 Å². The van der Waals surface area contributed by atoms with Crippen LogP contribution in [-0.4, -0.2) is 9.13 Å². The molecule has 0 saturated heterocycles. The van der Waals surface area contributed by atoms with Gasteiger partial charge in [0.25, 0.3) is 5.56 Å². The first-order valence-corrected chi connectivity index (χ1v) is 8.01. The second-order valence-corrected chi connectivity index (χ2v) is 5.88. The monoisotopic (exact) mass is 286 g/mol. The summed E-state index contributed by atoms with van der Waals surface area (Å²) in [6, 6.07) is 7.47. The van der Waals surface area contributed by atoms with Gasteiger partial charge in [0.2, 0.25) is 0 Å². The summed E-state index contributed by atoms with van der Waals surface area (Å²) in [4.78, 5) is 25.2. The Kier molecular flexibility index (Phi) is 4.23. The summed E-state index contributed by atoms with van der Waals surface area (Å²) < 4.78 is 3.22. The minimum atomic E-state index is -0.140. The lowest BCUT2D eigenvalue weighted by Gasteiger charge is -2.15. The molecule has 4 heteroatoms. The van der Waals surface area contributed by atoms with E-state index in [1.165, 1.54) is 23.8 Å². The van der Waals surface area contributed by atoms with Gasteiger partial charge in [-0.3, -0.25) is 13.9 Å². The number of aryl methyl sites for hydroxylation is 1. The third kappa shape index (κ3) is 2.80. The van der Waals surface area contributed by atoms with E-state index in [1.54, 1.807) is 4.57 Å². The van der Waals surface area contributed by atoms with Gasteiger partial charge in [-0.25, -0.2) is 4.79 Å². The zero-order chi connectivity index (χ0) is 14.7. The molecule has 1 aliphatic heterocycles. The first-order valence-electron chi connectivity index (χ1n) is 8.01. The molecule has 3 rings (SSSR count). The molecule has 2 heterocycles. The second kappa shape index (κ2) is 6.29. The van der Waals surface area contributed by atoms with Gasteiger partial charge in [0.05, 0.1) is 10.9 Å². The summed E-state index contributed by atoms with van der Waals surface area (Å²) in [6.07, 6.45) is 7.87. The van der Waals surface area contributed by atoms with E-state index in [0.29, 0.717) is 18.5 Å². The first-order chi connectivity index (χ1) is 10.3. The Morgan fingerprint density at radius 3 is 2.00 bits per heavy atom. The van der Waals surface area contributed by atoms with Gasteiger partial charge in [-0.05, 0) is 25.0 Å². The van der Waals surface area contributed by atoms with Gasteiger partial charge in [0.1, 0.15) is 0 Å². The lowest BCUT2D eigenvalue weighted by molar-refractivity contribution is 0.479. The normalized spacial score (nSPS) is 17.1. The van der Waals surface area contributed by atoms with Gasteiger partial charge in [-0.1, -0.05) is 44.2 Å². The van der Waals surface area contributed by atoms with E-state index in [0.717, 1.165) is 31.2 Å². The molecule has 0 unspecified atom stereocenters. The highest BCUT2D eigenvalue weighted by molar-refractivity contribution is 5.77. The molecule has 112 valence electrons. The molecule has 0 aliphatic carbocycles. The van der Waals surface area contributed by atoms with Crippen LogP contribution in [-0.2, 0) is 13.1 Å². The van der Waals surface area contributed by atoms with E-state index < -0.39 is 0 Å². The van der Waals surface area contributed by atoms with Crippen molar-refractivity contribution < 1.29 is 0 Å². The highest BCUT2D eigenvalue weighted by atomic mass is 16.2. The molecule has 2 aromatic rings. The number of para-hydroxylation sites is 1. The molecule has 1 aliphatic rings. The molecule has 0 atom stereocenters. The highest BCUT2D eigenvalue weighted by Gasteiger charge is 2.12. The molecular weight excluding hydrogens is 264 g/mol. The number of benzene rings is 1. The standard InChI is InChI=1S/C17H22N2O2/c20-16-14-10-6-7-11-15(14)18-12-8-4-2-1-3-5-9-13-19(16)17(18)21/h6-7,10-11H,1-5,8-9,12-13H2. The Balaban J connectivity index is 2.17. The summed E-state index contributed by atoms with van der Waals surface area (Å²) in [5.41, 5.74) is 0.504. The summed E-state index contributed by atoms with van der Waals surface area (Å²) in [5.74, 6) is 0. The maximum absolute atomic E-state index is 12.6. The molecular formula is C17H22N2O2. The van der Waals surface area contributed by atoms with E-state index in [9.17, 15) is 9.59 Å². The van der Waals surface area contributed by atoms with Gasteiger partial charge in [-0.15, -0.1) is 0 Å². The van der Waals surface area contributed by atoms with Crippen LogP contribution >= 0.6 is 0 Å². The lowest BCUT2D eigenvalue weighted by atomic mass is 10.1. The number of fused-ring (bicyclic) bond motifs is 4. The quantitative estimate of drug-likeness (QED) is 0.747. The van der Waals surface area contributed by atoms with Crippen molar-refractivity contribution in [1.82, 2.24) is 9.13 Å². The predicted molar refractivity (Wildman–Crippen MR) is 84.8 cm³/mol.